The van der Waals surface area contributed by atoms with E-state index in [1.165, 1.54) is 18.2 Å². The number of halogens is 1. The average Bonchev–Trinajstić information content (AvgIpc) is 2.43. The highest BCUT2D eigenvalue weighted by Gasteiger charge is 2.07. The smallest absolute Gasteiger partial charge is 0.303 e. The Labute approximate surface area is 123 Å². The number of aliphatic carboxylic acids is 1. The maximum Gasteiger partial charge on any atom is 0.303 e. The standard InChI is InChI=1S/C15H20FNO4/c1-11(5-6-15(19)20)7-8-17-14(18)10-21-13-4-2-3-12(16)9-13/h2-4,9,11H,5-8,10H2,1H3,(H,17,18)(H,19,20). The third kappa shape index (κ3) is 7.91. The molecule has 0 radical (unpaired) electrons. The van der Waals surface area contributed by atoms with E-state index in [4.69, 9.17) is 9.84 Å². The summed E-state index contributed by atoms with van der Waals surface area (Å²) in [7, 11) is 0. The van der Waals surface area contributed by atoms with Gasteiger partial charge in [-0.2, -0.15) is 0 Å². The van der Waals surface area contributed by atoms with Crippen molar-refractivity contribution in [3.63, 3.8) is 0 Å². The number of amides is 1. The summed E-state index contributed by atoms with van der Waals surface area (Å²) >= 11 is 0. The predicted octanol–water partition coefficient (Wildman–Crippen LogP) is 2.21. The van der Waals surface area contributed by atoms with Crippen LogP contribution < -0.4 is 10.1 Å². The molecule has 21 heavy (non-hydrogen) atoms. The van der Waals surface area contributed by atoms with Crippen LogP contribution in [0.5, 0.6) is 5.75 Å². The Hall–Kier alpha value is -2.11. The summed E-state index contributed by atoms with van der Waals surface area (Å²) in [6, 6.07) is 5.59. The fraction of sp³-hybridized carbons (Fsp3) is 0.467. The zero-order valence-electron chi connectivity index (χ0n) is 12.0. The summed E-state index contributed by atoms with van der Waals surface area (Å²) < 4.78 is 18.0. The fourth-order valence-corrected chi connectivity index (χ4v) is 1.73. The zero-order valence-corrected chi connectivity index (χ0v) is 12.0. The fourth-order valence-electron chi connectivity index (χ4n) is 1.73. The second kappa shape index (κ2) is 8.94. The van der Waals surface area contributed by atoms with Gasteiger partial charge in [0.25, 0.3) is 5.91 Å². The molecule has 0 aliphatic rings. The molecular weight excluding hydrogens is 277 g/mol. The van der Waals surface area contributed by atoms with Crippen LogP contribution in [0.1, 0.15) is 26.2 Å². The minimum atomic E-state index is -0.811. The first-order valence-electron chi connectivity index (χ1n) is 6.84. The van der Waals surface area contributed by atoms with E-state index >= 15 is 0 Å². The third-order valence-corrected chi connectivity index (χ3v) is 2.98. The van der Waals surface area contributed by atoms with E-state index in [2.05, 4.69) is 5.32 Å². The number of rotatable bonds is 9. The van der Waals surface area contributed by atoms with Crippen LogP contribution in [-0.4, -0.2) is 30.1 Å². The van der Waals surface area contributed by atoms with Gasteiger partial charge in [-0.05, 0) is 30.9 Å². The van der Waals surface area contributed by atoms with Crippen molar-refractivity contribution >= 4 is 11.9 Å². The number of ether oxygens (including phenoxy) is 1. The third-order valence-electron chi connectivity index (χ3n) is 2.98. The zero-order chi connectivity index (χ0) is 15.7. The number of benzene rings is 1. The molecule has 0 aliphatic heterocycles. The van der Waals surface area contributed by atoms with E-state index in [1.54, 1.807) is 6.07 Å². The number of carboxylic acids is 1. The van der Waals surface area contributed by atoms with Gasteiger partial charge in [-0.25, -0.2) is 4.39 Å². The first-order valence-corrected chi connectivity index (χ1v) is 6.84. The molecule has 1 unspecified atom stereocenters. The van der Waals surface area contributed by atoms with Gasteiger partial charge in [0.1, 0.15) is 11.6 Å². The highest BCUT2D eigenvalue weighted by Crippen LogP contribution is 2.11. The minimum absolute atomic E-state index is 0.137. The van der Waals surface area contributed by atoms with E-state index in [1.807, 2.05) is 6.92 Å². The van der Waals surface area contributed by atoms with Crippen LogP contribution in [0.25, 0.3) is 0 Å². The lowest BCUT2D eigenvalue weighted by Crippen LogP contribution is -2.30. The van der Waals surface area contributed by atoms with Gasteiger partial charge >= 0.3 is 5.97 Å². The Bertz CT molecular complexity index is 478. The van der Waals surface area contributed by atoms with Gasteiger partial charge in [0.15, 0.2) is 6.61 Å². The Morgan fingerprint density at radius 2 is 2.14 bits per heavy atom. The molecule has 0 spiro atoms. The quantitative estimate of drug-likeness (QED) is 0.733. The van der Waals surface area contributed by atoms with Crippen molar-refractivity contribution in [3.8, 4) is 5.75 Å². The Kier molecular flexibility index (Phi) is 7.21. The summed E-state index contributed by atoms with van der Waals surface area (Å²) in [5, 5.41) is 11.2. The lowest BCUT2D eigenvalue weighted by Gasteiger charge is -2.11. The minimum Gasteiger partial charge on any atom is -0.484 e. The van der Waals surface area contributed by atoms with Crippen LogP contribution >= 0.6 is 0 Å². The van der Waals surface area contributed by atoms with Crippen LogP contribution in [0.4, 0.5) is 4.39 Å². The molecule has 1 amide bonds. The maximum atomic E-state index is 12.9. The van der Waals surface area contributed by atoms with E-state index < -0.39 is 11.8 Å². The summed E-state index contributed by atoms with van der Waals surface area (Å²) in [4.78, 5) is 21.9. The molecule has 0 fully saturated rings. The molecule has 1 aromatic rings. The molecule has 0 aliphatic carbocycles. The van der Waals surface area contributed by atoms with Crippen molar-refractivity contribution in [3.05, 3.63) is 30.1 Å². The van der Waals surface area contributed by atoms with Gasteiger partial charge in [0.2, 0.25) is 0 Å². The highest BCUT2D eigenvalue weighted by molar-refractivity contribution is 5.77. The van der Waals surface area contributed by atoms with Crippen LogP contribution in [0.3, 0.4) is 0 Å². The second-order valence-corrected chi connectivity index (χ2v) is 4.92. The lowest BCUT2D eigenvalue weighted by molar-refractivity contribution is -0.137. The normalized spacial score (nSPS) is 11.7. The predicted molar refractivity (Wildman–Crippen MR) is 75.6 cm³/mol. The average molecular weight is 297 g/mol. The van der Waals surface area contributed by atoms with Crippen LogP contribution in [-0.2, 0) is 9.59 Å². The molecule has 0 saturated heterocycles. The Morgan fingerprint density at radius 3 is 2.81 bits per heavy atom. The molecule has 0 bridgehead atoms. The summed E-state index contributed by atoms with van der Waals surface area (Å²) in [6.07, 6.45) is 1.43. The summed E-state index contributed by atoms with van der Waals surface area (Å²) in [5.74, 6) is -0.982. The molecule has 1 aromatic carbocycles. The number of nitrogens with one attached hydrogen (secondary N) is 1. The van der Waals surface area contributed by atoms with Gasteiger partial charge in [-0.3, -0.25) is 9.59 Å². The summed E-state index contributed by atoms with van der Waals surface area (Å²) in [5.41, 5.74) is 0. The monoisotopic (exact) mass is 297 g/mol. The molecule has 116 valence electrons. The molecule has 0 aromatic heterocycles. The van der Waals surface area contributed by atoms with Crippen LogP contribution in [0.2, 0.25) is 0 Å². The van der Waals surface area contributed by atoms with Crippen LogP contribution in [0.15, 0.2) is 24.3 Å². The first-order chi connectivity index (χ1) is 9.97. The van der Waals surface area contributed by atoms with Gasteiger partial charge in [-0.1, -0.05) is 13.0 Å². The molecule has 1 rings (SSSR count). The van der Waals surface area contributed by atoms with Crippen molar-refractivity contribution in [2.45, 2.75) is 26.2 Å². The largest absolute Gasteiger partial charge is 0.484 e. The Balaban J connectivity index is 2.15. The van der Waals surface area contributed by atoms with Crippen molar-refractivity contribution < 1.29 is 23.8 Å². The van der Waals surface area contributed by atoms with E-state index in [-0.39, 0.29) is 24.9 Å². The topological polar surface area (TPSA) is 75.6 Å². The molecule has 6 heteroatoms. The molecular formula is C15H20FNO4. The molecule has 5 nitrogen and oxygen atoms in total. The van der Waals surface area contributed by atoms with Crippen LogP contribution in [0, 0.1) is 11.7 Å². The number of hydrogen-bond donors (Lipinski definition) is 2. The first kappa shape index (κ1) is 16.9. The maximum absolute atomic E-state index is 12.9. The number of hydrogen-bond acceptors (Lipinski definition) is 3. The van der Waals surface area contributed by atoms with E-state index in [9.17, 15) is 14.0 Å². The second-order valence-electron chi connectivity index (χ2n) is 4.92. The Morgan fingerprint density at radius 1 is 1.38 bits per heavy atom. The SMILES string of the molecule is CC(CCNC(=O)COc1cccc(F)c1)CCC(=O)O. The van der Waals surface area contributed by atoms with Crippen molar-refractivity contribution in [1.82, 2.24) is 5.32 Å². The van der Waals surface area contributed by atoms with Gasteiger partial charge in [-0.15, -0.1) is 0 Å². The van der Waals surface area contributed by atoms with E-state index in [0.717, 1.165) is 0 Å². The molecule has 0 heterocycles. The van der Waals surface area contributed by atoms with Gasteiger partial charge in [0, 0.05) is 19.0 Å². The summed E-state index contributed by atoms with van der Waals surface area (Å²) in [6.45, 7) is 2.23. The molecule has 0 saturated carbocycles. The number of carbonyl (C=O) groups excluding carboxylic acids is 1. The van der Waals surface area contributed by atoms with E-state index in [0.29, 0.717) is 25.1 Å². The van der Waals surface area contributed by atoms with Crippen molar-refractivity contribution in [2.24, 2.45) is 5.92 Å². The molecule has 1 atom stereocenters. The van der Waals surface area contributed by atoms with Crippen molar-refractivity contribution in [2.75, 3.05) is 13.2 Å². The van der Waals surface area contributed by atoms with Gasteiger partial charge in [0.05, 0.1) is 0 Å². The molecule has 2 N–H and O–H groups in total. The lowest BCUT2D eigenvalue weighted by atomic mass is 10.0. The van der Waals surface area contributed by atoms with Gasteiger partial charge < -0.3 is 15.2 Å². The number of carboxylic acid groups (broad SMARTS) is 1. The van der Waals surface area contributed by atoms with Crippen molar-refractivity contribution in [1.29, 1.82) is 0 Å². The highest BCUT2D eigenvalue weighted by atomic mass is 19.1. The number of carbonyl (C=O) groups is 2.